The molecule has 5 rings (SSSR count). The van der Waals surface area contributed by atoms with E-state index in [0.717, 1.165) is 28.5 Å². The lowest BCUT2D eigenvalue weighted by atomic mass is 9.92. The van der Waals surface area contributed by atoms with Crippen LogP contribution in [-0.4, -0.2) is 31.3 Å². The third-order valence-corrected chi connectivity index (χ3v) is 7.62. The Kier molecular flexibility index (Phi) is 5.86. The SMILES string of the molecule is CC(NC(=O)c1c(CCS(C)(=O)=O)c(C2=CC3CC3C=C2)nc2ccccc12)c1ccccc1. The van der Waals surface area contributed by atoms with Gasteiger partial charge in [-0.2, -0.15) is 0 Å². The Bertz CT molecular complexity index is 1420. The van der Waals surface area contributed by atoms with Gasteiger partial charge in [-0.15, -0.1) is 0 Å². The topological polar surface area (TPSA) is 76.1 Å². The molecular weight excluding hydrogens is 444 g/mol. The van der Waals surface area contributed by atoms with Crippen LogP contribution in [0.1, 0.15) is 46.6 Å². The summed E-state index contributed by atoms with van der Waals surface area (Å²) in [7, 11) is -3.23. The van der Waals surface area contributed by atoms with Crippen LogP contribution in [0.2, 0.25) is 0 Å². The fourth-order valence-electron chi connectivity index (χ4n) is 4.69. The molecule has 1 saturated carbocycles. The molecule has 5 nitrogen and oxygen atoms in total. The van der Waals surface area contributed by atoms with E-state index in [4.69, 9.17) is 4.98 Å². The summed E-state index contributed by atoms with van der Waals surface area (Å²) >= 11 is 0. The molecule has 34 heavy (non-hydrogen) atoms. The highest BCUT2D eigenvalue weighted by atomic mass is 32.2. The van der Waals surface area contributed by atoms with Crippen molar-refractivity contribution < 1.29 is 13.2 Å². The molecule has 1 fully saturated rings. The van der Waals surface area contributed by atoms with Gasteiger partial charge in [0.25, 0.3) is 5.91 Å². The summed E-state index contributed by atoms with van der Waals surface area (Å²) in [5, 5.41) is 3.87. The van der Waals surface area contributed by atoms with Crippen molar-refractivity contribution in [2.45, 2.75) is 25.8 Å². The first-order valence-corrected chi connectivity index (χ1v) is 13.7. The van der Waals surface area contributed by atoms with E-state index in [1.807, 2.05) is 61.5 Å². The molecule has 2 aliphatic rings. The zero-order valence-corrected chi connectivity index (χ0v) is 20.2. The smallest absolute Gasteiger partial charge is 0.252 e. The Morgan fingerprint density at radius 2 is 1.82 bits per heavy atom. The fraction of sp³-hybridized carbons (Fsp3) is 0.286. The molecule has 2 aromatic carbocycles. The lowest BCUT2D eigenvalue weighted by Gasteiger charge is -2.20. The van der Waals surface area contributed by atoms with Crippen LogP contribution in [0.5, 0.6) is 0 Å². The Morgan fingerprint density at radius 1 is 1.09 bits per heavy atom. The van der Waals surface area contributed by atoms with Gasteiger partial charge < -0.3 is 5.32 Å². The van der Waals surface area contributed by atoms with Gasteiger partial charge in [0.15, 0.2) is 0 Å². The predicted octanol–water partition coefficient (Wildman–Crippen LogP) is 4.90. The zero-order chi connectivity index (χ0) is 23.9. The van der Waals surface area contributed by atoms with Gasteiger partial charge in [0.05, 0.1) is 28.6 Å². The number of nitrogens with one attached hydrogen (secondary N) is 1. The summed E-state index contributed by atoms with van der Waals surface area (Å²) in [6, 6.07) is 17.2. The Hall–Kier alpha value is -3.25. The van der Waals surface area contributed by atoms with E-state index < -0.39 is 9.84 Å². The van der Waals surface area contributed by atoms with Gasteiger partial charge in [0.2, 0.25) is 0 Å². The number of rotatable bonds is 7. The van der Waals surface area contributed by atoms with Crippen LogP contribution in [0.3, 0.4) is 0 Å². The molecule has 3 aromatic rings. The summed E-state index contributed by atoms with van der Waals surface area (Å²) in [5.41, 5.74) is 4.62. The molecule has 1 heterocycles. The Balaban J connectivity index is 1.64. The number of amides is 1. The molecule has 1 aromatic heterocycles. The van der Waals surface area contributed by atoms with Crippen molar-refractivity contribution in [3.8, 4) is 0 Å². The lowest BCUT2D eigenvalue weighted by Crippen LogP contribution is -2.29. The van der Waals surface area contributed by atoms with Crippen LogP contribution in [0.15, 0.2) is 72.8 Å². The maximum Gasteiger partial charge on any atom is 0.252 e. The summed E-state index contributed by atoms with van der Waals surface area (Å²) in [6.07, 6.45) is 9.09. The van der Waals surface area contributed by atoms with Crippen LogP contribution in [0.4, 0.5) is 0 Å². The van der Waals surface area contributed by atoms with Gasteiger partial charge in [-0.3, -0.25) is 4.79 Å². The number of hydrogen-bond donors (Lipinski definition) is 1. The van der Waals surface area contributed by atoms with Gasteiger partial charge in [-0.05, 0) is 54.4 Å². The standard InChI is InChI=1S/C28H28N2O3S/c1-18(19-8-4-3-5-9-19)29-28(31)26-23-10-6-7-11-25(23)30-27(24(26)14-15-34(2,32)33)21-13-12-20-16-22(20)17-21/h3-13,17-18,20,22H,14-16H2,1-2H3,(H,29,31). The highest BCUT2D eigenvalue weighted by Gasteiger charge is 2.36. The number of hydrogen-bond acceptors (Lipinski definition) is 4. The van der Waals surface area contributed by atoms with E-state index in [1.54, 1.807) is 0 Å². The first kappa shape index (κ1) is 22.5. The molecule has 0 radical (unpaired) electrons. The van der Waals surface area contributed by atoms with Crippen molar-refractivity contribution in [3.05, 3.63) is 95.2 Å². The normalized spacial score (nSPS) is 19.9. The van der Waals surface area contributed by atoms with Crippen LogP contribution >= 0.6 is 0 Å². The average Bonchev–Trinajstić information content (AvgIpc) is 3.60. The van der Waals surface area contributed by atoms with Crippen molar-refractivity contribution in [1.29, 1.82) is 0 Å². The van der Waals surface area contributed by atoms with Gasteiger partial charge >= 0.3 is 0 Å². The van der Waals surface area contributed by atoms with Crippen LogP contribution in [-0.2, 0) is 16.3 Å². The number of pyridine rings is 1. The van der Waals surface area contributed by atoms with Crippen LogP contribution in [0.25, 0.3) is 16.5 Å². The number of allylic oxidation sites excluding steroid dienone is 4. The molecule has 1 N–H and O–H groups in total. The fourth-order valence-corrected chi connectivity index (χ4v) is 5.27. The molecule has 6 heteroatoms. The van der Waals surface area contributed by atoms with Gasteiger partial charge in [0, 0.05) is 11.6 Å². The second-order valence-corrected chi connectivity index (χ2v) is 11.6. The summed E-state index contributed by atoms with van der Waals surface area (Å²) in [4.78, 5) is 18.7. The van der Waals surface area contributed by atoms with E-state index in [-0.39, 0.29) is 24.1 Å². The van der Waals surface area contributed by atoms with Gasteiger partial charge in [0.1, 0.15) is 9.84 Å². The number of nitrogens with zero attached hydrogens (tertiary/aromatic N) is 1. The molecule has 0 bridgehead atoms. The summed E-state index contributed by atoms with van der Waals surface area (Å²) in [6.45, 7) is 1.95. The van der Waals surface area contributed by atoms with Crippen LogP contribution in [0, 0.1) is 11.8 Å². The summed E-state index contributed by atoms with van der Waals surface area (Å²) < 4.78 is 24.2. The first-order valence-electron chi connectivity index (χ1n) is 11.7. The monoisotopic (exact) mass is 472 g/mol. The number of carbonyl (C=O) groups excluding carboxylic acids is 1. The predicted molar refractivity (Wildman–Crippen MR) is 136 cm³/mol. The number of aromatic nitrogens is 1. The quantitative estimate of drug-likeness (QED) is 0.531. The summed E-state index contributed by atoms with van der Waals surface area (Å²) in [5.74, 6) is 0.839. The molecule has 174 valence electrons. The van der Waals surface area contributed by atoms with Gasteiger partial charge in [-0.1, -0.05) is 66.8 Å². The number of sulfone groups is 1. The lowest BCUT2D eigenvalue weighted by molar-refractivity contribution is 0.0940. The van der Waals surface area contributed by atoms with E-state index in [0.29, 0.717) is 28.7 Å². The van der Waals surface area contributed by atoms with Crippen molar-refractivity contribution in [2.24, 2.45) is 11.8 Å². The Morgan fingerprint density at radius 3 is 2.56 bits per heavy atom. The number of carbonyl (C=O) groups is 1. The van der Waals surface area contributed by atoms with E-state index >= 15 is 0 Å². The molecule has 0 saturated heterocycles. The van der Waals surface area contributed by atoms with Crippen molar-refractivity contribution >= 4 is 32.2 Å². The molecule has 0 spiro atoms. The van der Waals surface area contributed by atoms with E-state index in [1.165, 1.54) is 6.26 Å². The molecule has 0 aliphatic heterocycles. The van der Waals surface area contributed by atoms with E-state index in [2.05, 4.69) is 23.5 Å². The maximum absolute atomic E-state index is 13.8. The van der Waals surface area contributed by atoms with Crippen molar-refractivity contribution in [3.63, 3.8) is 0 Å². The maximum atomic E-state index is 13.8. The second kappa shape index (κ2) is 8.84. The van der Waals surface area contributed by atoms with Gasteiger partial charge in [-0.25, -0.2) is 13.4 Å². The van der Waals surface area contributed by atoms with Crippen molar-refractivity contribution in [1.82, 2.24) is 10.3 Å². The van der Waals surface area contributed by atoms with Crippen molar-refractivity contribution in [2.75, 3.05) is 12.0 Å². The number of benzene rings is 2. The minimum absolute atomic E-state index is 0.0441. The van der Waals surface area contributed by atoms with E-state index in [9.17, 15) is 13.2 Å². The highest BCUT2D eigenvalue weighted by molar-refractivity contribution is 7.90. The third kappa shape index (κ3) is 4.68. The second-order valence-electron chi connectivity index (χ2n) is 9.36. The minimum Gasteiger partial charge on any atom is -0.345 e. The molecule has 3 unspecified atom stereocenters. The first-order chi connectivity index (χ1) is 16.3. The third-order valence-electron chi connectivity index (χ3n) is 6.67. The van der Waals surface area contributed by atoms with Crippen LogP contribution < -0.4 is 5.32 Å². The number of para-hydroxylation sites is 1. The largest absolute Gasteiger partial charge is 0.345 e. The highest BCUT2D eigenvalue weighted by Crippen LogP contribution is 2.46. The molecular formula is C28H28N2O3S. The Labute approximate surface area is 200 Å². The average molecular weight is 473 g/mol. The zero-order valence-electron chi connectivity index (χ0n) is 19.4. The number of fused-ring (bicyclic) bond motifs is 2. The molecule has 2 aliphatic carbocycles. The molecule has 3 atom stereocenters. The minimum atomic E-state index is -3.23. The molecule has 1 amide bonds.